The van der Waals surface area contributed by atoms with E-state index in [1.807, 2.05) is 47.4 Å². The summed E-state index contributed by atoms with van der Waals surface area (Å²) < 4.78 is 6.61. The van der Waals surface area contributed by atoms with Crippen LogP contribution in [-0.4, -0.2) is 50.5 Å². The van der Waals surface area contributed by atoms with Crippen molar-refractivity contribution >= 4 is 16.9 Å². The Balaban J connectivity index is 1.27. The second-order valence-electron chi connectivity index (χ2n) is 8.01. The Kier molecular flexibility index (Phi) is 3.43. The first-order valence-electron chi connectivity index (χ1n) is 9.94. The molecular formula is C22H22N4O2. The third kappa shape index (κ3) is 2.28. The van der Waals surface area contributed by atoms with Crippen LogP contribution in [0.15, 0.2) is 54.6 Å². The minimum absolute atomic E-state index is 0.0425. The molecule has 142 valence electrons. The van der Waals surface area contributed by atoms with E-state index in [0.29, 0.717) is 19.5 Å². The summed E-state index contributed by atoms with van der Waals surface area (Å²) in [6.07, 6.45) is 1.34. The highest BCUT2D eigenvalue weighted by Crippen LogP contribution is 2.50. The third-order valence-electron chi connectivity index (χ3n) is 6.50. The van der Waals surface area contributed by atoms with E-state index in [-0.39, 0.29) is 18.1 Å². The largest absolute Gasteiger partial charge is 0.344 e. The number of carbonyl (C=O) groups excluding carboxylic acids is 1. The number of ether oxygens (including phenoxy) is 1. The average molecular weight is 374 g/mol. The summed E-state index contributed by atoms with van der Waals surface area (Å²) in [6, 6.07) is 18.4. The minimum Gasteiger partial charge on any atom is -0.344 e. The number of rotatable bonds is 3. The Bertz CT molecular complexity index is 1020. The molecule has 3 aromatic rings. The molecule has 2 aromatic carbocycles. The molecule has 0 saturated carbocycles. The second-order valence-corrected chi connectivity index (χ2v) is 8.01. The number of imidazole rings is 1. The van der Waals surface area contributed by atoms with E-state index in [4.69, 9.17) is 9.72 Å². The summed E-state index contributed by atoms with van der Waals surface area (Å²) in [4.78, 5) is 25.3. The third-order valence-corrected chi connectivity index (χ3v) is 6.50. The van der Waals surface area contributed by atoms with Gasteiger partial charge in [-0.2, -0.15) is 0 Å². The minimum atomic E-state index is -0.483. The molecule has 3 saturated heterocycles. The molecule has 6 nitrogen and oxygen atoms in total. The molecule has 0 unspecified atom stereocenters. The van der Waals surface area contributed by atoms with Gasteiger partial charge in [-0.1, -0.05) is 42.5 Å². The fourth-order valence-electron chi connectivity index (χ4n) is 5.21. The fraction of sp³-hybridized carbons (Fsp3) is 0.364. The number of nitrogens with one attached hydrogen (secondary N) is 1. The van der Waals surface area contributed by atoms with Gasteiger partial charge in [-0.3, -0.25) is 9.69 Å². The summed E-state index contributed by atoms with van der Waals surface area (Å²) in [6.45, 7) is 2.27. The predicted octanol–water partition coefficient (Wildman–Crippen LogP) is 2.84. The molecule has 28 heavy (non-hydrogen) atoms. The Morgan fingerprint density at radius 1 is 1.14 bits per heavy atom. The number of amides is 1. The SMILES string of the molecule is O=C1C[C@H]2N(Cc3nc4ccccc4[nH]3)CC[C@]23O[C@H](c2ccccc2)CN13. The molecule has 1 spiro atoms. The topological polar surface area (TPSA) is 61.5 Å². The van der Waals surface area contributed by atoms with Gasteiger partial charge in [-0.15, -0.1) is 0 Å². The highest BCUT2D eigenvalue weighted by Gasteiger charge is 2.63. The van der Waals surface area contributed by atoms with E-state index in [2.05, 4.69) is 22.0 Å². The lowest BCUT2D eigenvalue weighted by molar-refractivity contribution is -0.138. The predicted molar refractivity (Wildman–Crippen MR) is 104 cm³/mol. The maximum absolute atomic E-state index is 12.8. The lowest BCUT2D eigenvalue weighted by Crippen LogP contribution is -2.47. The number of nitrogens with zero attached hydrogens (tertiary/aromatic N) is 3. The quantitative estimate of drug-likeness (QED) is 0.766. The van der Waals surface area contributed by atoms with Crippen molar-refractivity contribution in [2.75, 3.05) is 13.1 Å². The van der Waals surface area contributed by atoms with Crippen molar-refractivity contribution in [1.82, 2.24) is 19.8 Å². The fourth-order valence-corrected chi connectivity index (χ4v) is 5.21. The van der Waals surface area contributed by atoms with E-state index in [0.717, 1.165) is 35.4 Å². The first kappa shape index (κ1) is 16.3. The molecule has 6 rings (SSSR count). The van der Waals surface area contributed by atoms with Crippen molar-refractivity contribution in [2.45, 2.75) is 37.3 Å². The van der Waals surface area contributed by atoms with Crippen LogP contribution in [0.25, 0.3) is 11.0 Å². The molecule has 3 aliphatic heterocycles. The number of aromatic amines is 1. The zero-order valence-electron chi connectivity index (χ0n) is 15.5. The van der Waals surface area contributed by atoms with Gasteiger partial charge in [0.25, 0.3) is 0 Å². The standard InChI is InChI=1S/C22H22N4O2/c27-21-12-19-22(26(21)13-18(28-22)15-6-2-1-3-7-15)10-11-25(19)14-20-23-16-8-4-5-9-17(16)24-20/h1-9,18-19H,10-14H2,(H,23,24)/t18-,19+,22-/m0/s1. The van der Waals surface area contributed by atoms with Gasteiger partial charge < -0.3 is 14.6 Å². The van der Waals surface area contributed by atoms with Crippen LogP contribution in [0, 0.1) is 0 Å². The number of H-pyrrole nitrogens is 1. The van der Waals surface area contributed by atoms with E-state index in [1.165, 1.54) is 0 Å². The molecule has 0 aliphatic carbocycles. The van der Waals surface area contributed by atoms with Crippen molar-refractivity contribution in [2.24, 2.45) is 0 Å². The van der Waals surface area contributed by atoms with Crippen molar-refractivity contribution in [3.05, 3.63) is 66.0 Å². The molecule has 3 aliphatic rings. The van der Waals surface area contributed by atoms with Crippen LogP contribution in [0.4, 0.5) is 0 Å². The molecule has 1 amide bonds. The molecule has 4 heterocycles. The lowest BCUT2D eigenvalue weighted by Gasteiger charge is -2.31. The highest BCUT2D eigenvalue weighted by molar-refractivity contribution is 5.81. The molecule has 1 aromatic heterocycles. The molecule has 3 atom stereocenters. The lowest BCUT2D eigenvalue weighted by atomic mass is 10.1. The van der Waals surface area contributed by atoms with Crippen molar-refractivity contribution < 1.29 is 9.53 Å². The molecule has 0 radical (unpaired) electrons. The van der Waals surface area contributed by atoms with Crippen molar-refractivity contribution in [3.8, 4) is 0 Å². The Morgan fingerprint density at radius 2 is 1.96 bits per heavy atom. The van der Waals surface area contributed by atoms with Crippen molar-refractivity contribution in [1.29, 1.82) is 0 Å². The first-order valence-corrected chi connectivity index (χ1v) is 9.94. The van der Waals surface area contributed by atoms with Gasteiger partial charge in [0, 0.05) is 19.4 Å². The smallest absolute Gasteiger partial charge is 0.226 e. The summed E-state index contributed by atoms with van der Waals surface area (Å²) >= 11 is 0. The number of benzene rings is 2. The van der Waals surface area contributed by atoms with Gasteiger partial charge in [-0.25, -0.2) is 4.98 Å². The van der Waals surface area contributed by atoms with E-state index < -0.39 is 5.72 Å². The zero-order chi connectivity index (χ0) is 18.7. The van der Waals surface area contributed by atoms with Gasteiger partial charge >= 0.3 is 0 Å². The number of likely N-dealkylation sites (tertiary alicyclic amines) is 1. The van der Waals surface area contributed by atoms with E-state index in [9.17, 15) is 4.79 Å². The monoisotopic (exact) mass is 374 g/mol. The molecular weight excluding hydrogens is 352 g/mol. The van der Waals surface area contributed by atoms with Gasteiger partial charge in [0.15, 0.2) is 5.72 Å². The maximum Gasteiger partial charge on any atom is 0.226 e. The van der Waals surface area contributed by atoms with Crippen molar-refractivity contribution in [3.63, 3.8) is 0 Å². The van der Waals surface area contributed by atoms with Gasteiger partial charge in [0.1, 0.15) is 11.9 Å². The van der Waals surface area contributed by atoms with Gasteiger partial charge in [0.2, 0.25) is 5.91 Å². The summed E-state index contributed by atoms with van der Waals surface area (Å²) in [5.74, 6) is 1.15. The van der Waals surface area contributed by atoms with Gasteiger partial charge in [-0.05, 0) is 17.7 Å². The maximum atomic E-state index is 12.8. The number of hydrogen-bond acceptors (Lipinski definition) is 4. The Hall–Kier alpha value is -2.70. The highest BCUT2D eigenvalue weighted by atomic mass is 16.5. The van der Waals surface area contributed by atoms with Crippen LogP contribution in [0.5, 0.6) is 0 Å². The number of aromatic nitrogens is 2. The first-order chi connectivity index (χ1) is 13.7. The van der Waals surface area contributed by atoms with Crippen LogP contribution in [0.2, 0.25) is 0 Å². The molecule has 3 fully saturated rings. The normalized spacial score (nSPS) is 29.6. The summed E-state index contributed by atoms with van der Waals surface area (Å²) in [7, 11) is 0. The molecule has 6 heteroatoms. The van der Waals surface area contributed by atoms with Gasteiger partial charge in [0.05, 0.1) is 30.2 Å². The van der Waals surface area contributed by atoms with E-state index in [1.54, 1.807) is 0 Å². The molecule has 1 N–H and O–H groups in total. The Morgan fingerprint density at radius 3 is 2.82 bits per heavy atom. The number of para-hydroxylation sites is 2. The number of carbonyl (C=O) groups is 1. The summed E-state index contributed by atoms with van der Waals surface area (Å²) in [5.41, 5.74) is 2.70. The zero-order valence-corrected chi connectivity index (χ0v) is 15.5. The average Bonchev–Trinajstić information content (AvgIpc) is 3.44. The summed E-state index contributed by atoms with van der Waals surface area (Å²) in [5, 5.41) is 0. The number of hydrogen-bond donors (Lipinski definition) is 1. The molecule has 0 bridgehead atoms. The Labute approximate surface area is 163 Å². The van der Waals surface area contributed by atoms with Crippen LogP contribution < -0.4 is 0 Å². The number of fused-ring (bicyclic) bond motifs is 1. The van der Waals surface area contributed by atoms with Crippen LogP contribution in [0.3, 0.4) is 0 Å². The van der Waals surface area contributed by atoms with E-state index >= 15 is 0 Å². The second kappa shape index (κ2) is 5.90. The van der Waals surface area contributed by atoms with Crippen LogP contribution in [-0.2, 0) is 16.1 Å². The van der Waals surface area contributed by atoms with Crippen LogP contribution >= 0.6 is 0 Å². The van der Waals surface area contributed by atoms with Crippen LogP contribution in [0.1, 0.15) is 30.3 Å².